The van der Waals surface area contributed by atoms with E-state index in [1.54, 1.807) is 34.1 Å². The molecule has 3 amide bonds. The molecule has 2 N–H and O–H groups in total. The van der Waals surface area contributed by atoms with Crippen molar-refractivity contribution in [2.45, 2.75) is 44.2 Å². The van der Waals surface area contributed by atoms with Gasteiger partial charge in [0.1, 0.15) is 6.04 Å². The summed E-state index contributed by atoms with van der Waals surface area (Å²) in [5.74, 6) is -0.844. The van der Waals surface area contributed by atoms with Crippen molar-refractivity contribution in [2.75, 3.05) is 18.0 Å². The number of rotatable bonds is 3. The first-order valence-corrected chi connectivity index (χ1v) is 9.27. The van der Waals surface area contributed by atoms with Crippen LogP contribution >= 0.6 is 0 Å². The van der Waals surface area contributed by atoms with Crippen LogP contribution in [0.1, 0.15) is 42.5 Å². The highest BCUT2D eigenvalue weighted by Crippen LogP contribution is 2.40. The van der Waals surface area contributed by atoms with Crippen LogP contribution in [0.3, 0.4) is 0 Å². The zero-order valence-corrected chi connectivity index (χ0v) is 14.6. The van der Waals surface area contributed by atoms with Crippen LogP contribution in [0.2, 0.25) is 0 Å². The molecule has 2 saturated heterocycles. The van der Waals surface area contributed by atoms with Crippen molar-refractivity contribution in [3.8, 4) is 0 Å². The fourth-order valence-corrected chi connectivity index (χ4v) is 4.62. The van der Waals surface area contributed by atoms with E-state index in [2.05, 4.69) is 5.32 Å². The average molecular weight is 357 g/mol. The van der Waals surface area contributed by atoms with Gasteiger partial charge in [-0.15, -0.1) is 0 Å². The van der Waals surface area contributed by atoms with E-state index >= 15 is 0 Å². The minimum Gasteiger partial charge on any atom is -0.480 e. The molecular formula is C19H23N3O4. The molecule has 138 valence electrons. The predicted molar refractivity (Wildman–Crippen MR) is 95.1 cm³/mol. The zero-order chi connectivity index (χ0) is 18.3. The second-order valence-corrected chi connectivity index (χ2v) is 7.34. The molecule has 0 aromatic heterocycles. The summed E-state index contributed by atoms with van der Waals surface area (Å²) in [6, 6.07) is 6.04. The summed E-state index contributed by atoms with van der Waals surface area (Å²) in [4.78, 5) is 39.8. The second kappa shape index (κ2) is 6.63. The van der Waals surface area contributed by atoms with Gasteiger partial charge >= 0.3 is 12.0 Å². The molecule has 3 fully saturated rings. The topological polar surface area (TPSA) is 89.9 Å². The fraction of sp³-hybridized carbons (Fsp3) is 0.526. The van der Waals surface area contributed by atoms with Gasteiger partial charge in [-0.3, -0.25) is 9.69 Å². The summed E-state index contributed by atoms with van der Waals surface area (Å²) in [5.41, 5.74) is 1.22. The summed E-state index contributed by atoms with van der Waals surface area (Å²) in [6.07, 6.45) is 4.59. The van der Waals surface area contributed by atoms with Crippen LogP contribution in [0.5, 0.6) is 0 Å². The Morgan fingerprint density at radius 3 is 2.50 bits per heavy atom. The quantitative estimate of drug-likeness (QED) is 0.867. The van der Waals surface area contributed by atoms with Crippen molar-refractivity contribution < 1.29 is 19.5 Å². The van der Waals surface area contributed by atoms with Crippen molar-refractivity contribution >= 4 is 23.6 Å². The number of carbonyl (C=O) groups is 3. The Labute approximate surface area is 152 Å². The largest absolute Gasteiger partial charge is 0.480 e. The maximum atomic E-state index is 13.1. The van der Waals surface area contributed by atoms with Crippen LogP contribution in [-0.2, 0) is 4.79 Å². The molecular weight excluding hydrogens is 334 g/mol. The molecule has 2 aliphatic heterocycles. The van der Waals surface area contributed by atoms with Crippen LogP contribution in [0, 0.1) is 5.92 Å². The van der Waals surface area contributed by atoms with E-state index in [1.807, 2.05) is 0 Å². The molecule has 0 radical (unpaired) electrons. The molecule has 7 nitrogen and oxygen atoms in total. The number of fused-ring (bicyclic) bond motifs is 1. The van der Waals surface area contributed by atoms with E-state index in [4.69, 9.17) is 0 Å². The third kappa shape index (κ3) is 2.81. The minimum absolute atomic E-state index is 0.0291. The number of benzene rings is 1. The van der Waals surface area contributed by atoms with Gasteiger partial charge in [0.15, 0.2) is 0 Å². The molecule has 1 aromatic rings. The number of nitrogens with zero attached hydrogens (tertiary/aromatic N) is 2. The van der Waals surface area contributed by atoms with Gasteiger partial charge in [-0.05, 0) is 49.4 Å². The Balaban J connectivity index is 1.57. The Morgan fingerprint density at radius 2 is 1.85 bits per heavy atom. The summed E-state index contributed by atoms with van der Waals surface area (Å²) >= 11 is 0. The highest BCUT2D eigenvalue weighted by Gasteiger charge is 2.47. The second-order valence-electron chi connectivity index (χ2n) is 7.34. The zero-order valence-electron chi connectivity index (χ0n) is 14.6. The number of likely N-dealkylation sites (tertiary alicyclic amines) is 1. The summed E-state index contributed by atoms with van der Waals surface area (Å²) in [5, 5.41) is 12.3. The molecule has 0 bridgehead atoms. The number of anilines is 1. The Hall–Kier alpha value is -2.57. The fourth-order valence-electron chi connectivity index (χ4n) is 4.62. The number of hydrogen-bond donors (Lipinski definition) is 2. The van der Waals surface area contributed by atoms with Crippen molar-refractivity contribution in [1.29, 1.82) is 0 Å². The smallest absolute Gasteiger partial charge is 0.326 e. The van der Waals surface area contributed by atoms with Gasteiger partial charge in [0.2, 0.25) is 0 Å². The number of amides is 3. The number of nitrogens with one attached hydrogen (secondary N) is 1. The Morgan fingerprint density at radius 1 is 1.12 bits per heavy atom. The van der Waals surface area contributed by atoms with Gasteiger partial charge in [0.25, 0.3) is 5.91 Å². The third-order valence-electron chi connectivity index (χ3n) is 5.89. The molecule has 1 aromatic carbocycles. The van der Waals surface area contributed by atoms with Crippen LogP contribution in [0.15, 0.2) is 24.3 Å². The summed E-state index contributed by atoms with van der Waals surface area (Å²) in [7, 11) is 0. The number of hydrogen-bond acceptors (Lipinski definition) is 3. The van der Waals surface area contributed by atoms with E-state index in [0.717, 1.165) is 31.4 Å². The molecule has 3 atom stereocenters. The monoisotopic (exact) mass is 357 g/mol. The van der Waals surface area contributed by atoms with Crippen molar-refractivity contribution in [1.82, 2.24) is 10.2 Å². The summed E-state index contributed by atoms with van der Waals surface area (Å²) in [6.45, 7) is 1.21. The molecule has 1 aliphatic carbocycles. The molecule has 3 aliphatic rings. The molecule has 4 rings (SSSR count). The maximum Gasteiger partial charge on any atom is 0.326 e. The summed E-state index contributed by atoms with van der Waals surface area (Å²) < 4.78 is 0. The maximum absolute atomic E-state index is 13.1. The van der Waals surface area contributed by atoms with Crippen molar-refractivity contribution in [3.63, 3.8) is 0 Å². The Kier molecular flexibility index (Phi) is 4.30. The van der Waals surface area contributed by atoms with Gasteiger partial charge in [0, 0.05) is 30.4 Å². The first-order chi connectivity index (χ1) is 12.6. The van der Waals surface area contributed by atoms with Crippen molar-refractivity contribution in [2.24, 2.45) is 5.92 Å². The minimum atomic E-state index is -0.918. The van der Waals surface area contributed by atoms with E-state index in [0.29, 0.717) is 31.0 Å². The normalized spacial score (nSPS) is 28.0. The van der Waals surface area contributed by atoms with E-state index < -0.39 is 12.0 Å². The van der Waals surface area contributed by atoms with Gasteiger partial charge in [0.05, 0.1) is 0 Å². The van der Waals surface area contributed by atoms with E-state index in [-0.39, 0.29) is 18.0 Å². The molecule has 7 heteroatoms. The number of carbonyl (C=O) groups excluding carboxylic acids is 2. The first kappa shape index (κ1) is 16.9. The SMILES string of the molecule is O=C(O)[C@@H]1C[C@@H]2CCCC[C@@H]2N1C(=O)c1ccc(N2CCNC2=O)cc1. The lowest BCUT2D eigenvalue weighted by atomic mass is 9.84. The number of aliphatic carboxylic acids is 1. The molecule has 0 spiro atoms. The average Bonchev–Trinajstić information content (AvgIpc) is 3.25. The van der Waals surface area contributed by atoms with Gasteiger partial charge in [-0.2, -0.15) is 0 Å². The number of urea groups is 1. The van der Waals surface area contributed by atoms with E-state index in [1.165, 1.54) is 0 Å². The highest BCUT2D eigenvalue weighted by molar-refractivity contribution is 5.99. The van der Waals surface area contributed by atoms with Gasteiger partial charge < -0.3 is 15.3 Å². The molecule has 2 heterocycles. The van der Waals surface area contributed by atoms with Crippen LogP contribution in [0.25, 0.3) is 0 Å². The standard InChI is InChI=1S/C19H23N3O4/c23-17(12-5-7-14(8-6-12)21-10-9-20-19(21)26)22-15-4-2-1-3-13(15)11-16(22)18(24)25/h5-8,13,15-16H,1-4,9-11H2,(H,20,26)(H,24,25)/t13-,15-,16-/m0/s1. The highest BCUT2D eigenvalue weighted by atomic mass is 16.4. The van der Waals surface area contributed by atoms with Gasteiger partial charge in [-0.1, -0.05) is 12.8 Å². The van der Waals surface area contributed by atoms with Crippen LogP contribution in [-0.4, -0.2) is 53.1 Å². The van der Waals surface area contributed by atoms with Crippen LogP contribution in [0.4, 0.5) is 10.5 Å². The third-order valence-corrected chi connectivity index (χ3v) is 5.89. The van der Waals surface area contributed by atoms with Crippen LogP contribution < -0.4 is 10.2 Å². The molecule has 0 unspecified atom stereocenters. The lowest BCUT2D eigenvalue weighted by molar-refractivity contribution is -0.141. The molecule has 1 saturated carbocycles. The lowest BCUT2D eigenvalue weighted by Gasteiger charge is -2.33. The van der Waals surface area contributed by atoms with E-state index in [9.17, 15) is 19.5 Å². The first-order valence-electron chi connectivity index (χ1n) is 9.27. The van der Waals surface area contributed by atoms with Crippen molar-refractivity contribution in [3.05, 3.63) is 29.8 Å². The number of carboxylic acid groups (broad SMARTS) is 1. The Bertz CT molecular complexity index is 733. The molecule has 26 heavy (non-hydrogen) atoms. The van der Waals surface area contributed by atoms with Gasteiger partial charge in [-0.25, -0.2) is 9.59 Å². The predicted octanol–water partition coefficient (Wildman–Crippen LogP) is 2.07. The number of carboxylic acids is 1. The lowest BCUT2D eigenvalue weighted by Crippen LogP contribution is -2.46.